The van der Waals surface area contributed by atoms with Crippen LogP contribution in [0.3, 0.4) is 0 Å². The lowest BCUT2D eigenvalue weighted by molar-refractivity contribution is -0.146. The summed E-state index contributed by atoms with van der Waals surface area (Å²) in [5, 5.41) is 38.1. The zero-order valence-electron chi connectivity index (χ0n) is 24.2. The smallest absolute Gasteiger partial charge is 0.257 e. The van der Waals surface area contributed by atoms with Gasteiger partial charge in [0.25, 0.3) is 11.8 Å². The molecule has 42 heavy (non-hydrogen) atoms. The minimum Gasteiger partial charge on any atom is -0.484 e. The van der Waals surface area contributed by atoms with Crippen molar-refractivity contribution in [2.45, 2.75) is 45.3 Å². The Balaban J connectivity index is 0.000000435. The molecule has 0 bridgehead atoms. The van der Waals surface area contributed by atoms with E-state index in [1.54, 1.807) is 31.5 Å². The number of carbonyl (C=O) groups excluding carboxylic acids is 2. The van der Waals surface area contributed by atoms with E-state index in [1.165, 1.54) is 6.92 Å². The largest absolute Gasteiger partial charge is 0.484 e. The zero-order chi connectivity index (χ0) is 31.2. The lowest BCUT2D eigenvalue weighted by atomic mass is 10.0. The summed E-state index contributed by atoms with van der Waals surface area (Å²) in [6, 6.07) is 11.6. The highest BCUT2D eigenvalue weighted by atomic mass is 16.6. The standard InChI is InChI=1S/C24H25N3O3.C7H16O5/c1-4-5-6-18-11-17(8-7-16(18)2)13-27-14-21(24(25)29)20-10-9-19(12-22(20)27)30-15-23(28)26-3;1-5(10)12-7(4-9)2-6(11)3-8/h4-12,14H,1,13,15H2,2-3H3,(H2,25,29)(H,26,28);5-11H,2-4H2,1H3/b6-5-;. The number of rotatable bonds is 14. The van der Waals surface area contributed by atoms with Gasteiger partial charge in [-0.2, -0.15) is 0 Å². The van der Waals surface area contributed by atoms with Crippen LogP contribution >= 0.6 is 0 Å². The van der Waals surface area contributed by atoms with Crippen LogP contribution in [0.4, 0.5) is 0 Å². The molecule has 3 aromatic rings. The highest BCUT2D eigenvalue weighted by Gasteiger charge is 2.16. The van der Waals surface area contributed by atoms with Crippen molar-refractivity contribution in [2.75, 3.05) is 26.9 Å². The Bertz CT molecular complexity index is 1370. The van der Waals surface area contributed by atoms with Gasteiger partial charge < -0.3 is 45.5 Å². The second-order valence-electron chi connectivity index (χ2n) is 9.57. The van der Waals surface area contributed by atoms with Crippen LogP contribution in [0, 0.1) is 6.92 Å². The van der Waals surface area contributed by atoms with E-state index in [9.17, 15) is 9.59 Å². The molecule has 11 heteroatoms. The molecular formula is C31H41N3O8. The Labute approximate surface area is 245 Å². The predicted octanol–water partition coefficient (Wildman–Crippen LogP) is 1.87. The summed E-state index contributed by atoms with van der Waals surface area (Å²) in [5.74, 6) is -0.167. The summed E-state index contributed by atoms with van der Waals surface area (Å²) in [5.41, 5.74) is 10.2. The maximum atomic E-state index is 11.9. The van der Waals surface area contributed by atoms with E-state index in [1.807, 2.05) is 22.8 Å². The zero-order valence-corrected chi connectivity index (χ0v) is 24.2. The fraction of sp³-hybridized carbons (Fsp3) is 0.355. The van der Waals surface area contributed by atoms with E-state index in [-0.39, 0.29) is 32.1 Å². The van der Waals surface area contributed by atoms with Crippen molar-refractivity contribution in [3.8, 4) is 5.75 Å². The minimum absolute atomic E-state index is 0.0810. The molecular weight excluding hydrogens is 542 g/mol. The second kappa shape index (κ2) is 17.1. The van der Waals surface area contributed by atoms with Crippen molar-refractivity contribution in [2.24, 2.45) is 5.73 Å². The van der Waals surface area contributed by atoms with E-state index in [2.05, 4.69) is 37.0 Å². The fourth-order valence-corrected chi connectivity index (χ4v) is 4.08. The van der Waals surface area contributed by atoms with Gasteiger partial charge in [-0.25, -0.2) is 0 Å². The number of carbonyl (C=O) groups is 2. The average Bonchev–Trinajstić information content (AvgIpc) is 3.33. The maximum Gasteiger partial charge on any atom is 0.257 e. The third-order valence-corrected chi connectivity index (χ3v) is 6.22. The quantitative estimate of drug-likeness (QED) is 0.123. The third kappa shape index (κ3) is 10.4. The van der Waals surface area contributed by atoms with Crippen molar-refractivity contribution in [3.63, 3.8) is 0 Å². The summed E-state index contributed by atoms with van der Waals surface area (Å²) in [6.07, 6.45) is 5.00. The van der Waals surface area contributed by atoms with Crippen LogP contribution in [0.15, 0.2) is 61.3 Å². The van der Waals surface area contributed by atoms with Crippen LogP contribution in [0.25, 0.3) is 17.0 Å². The van der Waals surface area contributed by atoms with Crippen LogP contribution in [0.2, 0.25) is 0 Å². The monoisotopic (exact) mass is 583 g/mol. The topological polar surface area (TPSA) is 176 Å². The molecule has 1 heterocycles. The number of hydrogen-bond acceptors (Lipinski definition) is 8. The molecule has 228 valence electrons. The van der Waals surface area contributed by atoms with Gasteiger partial charge in [-0.3, -0.25) is 9.59 Å². The van der Waals surface area contributed by atoms with Gasteiger partial charge in [0, 0.05) is 37.7 Å². The molecule has 0 fully saturated rings. The van der Waals surface area contributed by atoms with E-state index in [0.29, 0.717) is 17.9 Å². The molecule has 1 aromatic heterocycles. The third-order valence-electron chi connectivity index (χ3n) is 6.22. The van der Waals surface area contributed by atoms with Gasteiger partial charge in [0.1, 0.15) is 5.75 Å². The van der Waals surface area contributed by atoms with Gasteiger partial charge in [-0.1, -0.05) is 36.9 Å². The van der Waals surface area contributed by atoms with E-state index in [4.69, 9.17) is 35.6 Å². The summed E-state index contributed by atoms with van der Waals surface area (Å²) in [4.78, 5) is 23.4. The number of aliphatic hydroxyl groups is 4. The Morgan fingerprint density at radius 1 is 1.14 bits per heavy atom. The molecule has 0 saturated heterocycles. The Hall–Kier alpha value is -4.00. The number of likely N-dealkylation sites (N-methyl/N-ethyl adjacent to an activating group) is 1. The molecule has 0 radical (unpaired) electrons. The minimum atomic E-state index is -0.979. The number of aromatic nitrogens is 1. The summed E-state index contributed by atoms with van der Waals surface area (Å²) in [6.45, 7) is 6.99. The fourth-order valence-electron chi connectivity index (χ4n) is 4.08. The molecule has 3 atom stereocenters. The van der Waals surface area contributed by atoms with Crippen molar-refractivity contribution in [1.29, 1.82) is 0 Å². The molecule has 2 aromatic carbocycles. The summed E-state index contributed by atoms with van der Waals surface area (Å²) >= 11 is 0. The van der Waals surface area contributed by atoms with Crippen molar-refractivity contribution >= 4 is 28.8 Å². The van der Waals surface area contributed by atoms with E-state index < -0.39 is 24.4 Å². The molecule has 7 N–H and O–H groups in total. The number of aliphatic hydroxyl groups excluding tert-OH is 4. The first-order chi connectivity index (χ1) is 20.0. The molecule has 0 aliphatic heterocycles. The SMILES string of the molecule is C=C/C=C\c1cc(Cn2cc(C(N)=O)c3ccc(OCC(=O)NC)cc32)ccc1C.CC(O)OC(CO)CC(O)CO. The number of allylic oxidation sites excluding steroid dienone is 2. The van der Waals surface area contributed by atoms with Crippen molar-refractivity contribution < 1.29 is 39.5 Å². The van der Waals surface area contributed by atoms with Crippen molar-refractivity contribution in [3.05, 3.63) is 83.6 Å². The van der Waals surface area contributed by atoms with Crippen LogP contribution in [-0.2, 0) is 16.1 Å². The molecule has 3 rings (SSSR count). The van der Waals surface area contributed by atoms with Gasteiger partial charge in [0.15, 0.2) is 12.9 Å². The van der Waals surface area contributed by atoms with Gasteiger partial charge in [-0.05, 0) is 48.7 Å². The first kappa shape index (κ1) is 34.2. The Kier molecular flexibility index (Phi) is 13.9. The van der Waals surface area contributed by atoms with Gasteiger partial charge >= 0.3 is 0 Å². The van der Waals surface area contributed by atoms with E-state index in [0.717, 1.165) is 27.6 Å². The van der Waals surface area contributed by atoms with E-state index >= 15 is 0 Å². The van der Waals surface area contributed by atoms with Crippen LogP contribution in [-0.4, -0.2) is 82.2 Å². The van der Waals surface area contributed by atoms with Gasteiger partial charge in [0.05, 0.1) is 36.5 Å². The van der Waals surface area contributed by atoms with Crippen LogP contribution in [0.5, 0.6) is 5.75 Å². The lowest BCUT2D eigenvalue weighted by Crippen LogP contribution is -2.29. The predicted molar refractivity (Wildman–Crippen MR) is 161 cm³/mol. The maximum absolute atomic E-state index is 11.9. The molecule has 2 amide bonds. The number of hydrogen-bond donors (Lipinski definition) is 6. The number of fused-ring (bicyclic) bond motifs is 1. The Morgan fingerprint density at radius 3 is 2.48 bits per heavy atom. The summed E-state index contributed by atoms with van der Waals surface area (Å²) < 4.78 is 12.3. The molecule has 0 saturated carbocycles. The lowest BCUT2D eigenvalue weighted by Gasteiger charge is -2.19. The summed E-state index contributed by atoms with van der Waals surface area (Å²) in [7, 11) is 1.55. The number of ether oxygens (including phenoxy) is 2. The number of aryl methyl sites for hydroxylation is 1. The number of nitrogens with one attached hydrogen (secondary N) is 1. The molecule has 0 aliphatic rings. The number of amides is 2. The normalized spacial score (nSPS) is 13.2. The second-order valence-corrected chi connectivity index (χ2v) is 9.57. The first-order valence-corrected chi connectivity index (χ1v) is 13.4. The average molecular weight is 584 g/mol. The molecule has 0 spiro atoms. The number of primary amides is 1. The molecule has 0 aliphatic carbocycles. The highest BCUT2D eigenvalue weighted by Crippen LogP contribution is 2.27. The number of benzene rings is 2. The number of nitrogens with zero attached hydrogens (tertiary/aromatic N) is 1. The van der Waals surface area contributed by atoms with Crippen molar-refractivity contribution in [1.82, 2.24) is 9.88 Å². The first-order valence-electron chi connectivity index (χ1n) is 13.4. The van der Waals surface area contributed by atoms with Gasteiger partial charge in [-0.15, -0.1) is 0 Å². The highest BCUT2D eigenvalue weighted by molar-refractivity contribution is 6.06. The Morgan fingerprint density at radius 2 is 1.88 bits per heavy atom. The number of nitrogens with two attached hydrogens (primary N) is 1. The molecule has 11 nitrogen and oxygen atoms in total. The molecule has 3 unspecified atom stereocenters. The van der Waals surface area contributed by atoms with Gasteiger partial charge in [0.2, 0.25) is 0 Å². The van der Waals surface area contributed by atoms with Crippen LogP contribution in [0.1, 0.15) is 40.4 Å². The van der Waals surface area contributed by atoms with Crippen LogP contribution < -0.4 is 15.8 Å².